The van der Waals surface area contributed by atoms with Gasteiger partial charge in [-0.15, -0.1) is 0 Å². The summed E-state index contributed by atoms with van der Waals surface area (Å²) in [5.74, 6) is 0. The monoisotopic (exact) mass is 228 g/mol. The average molecular weight is 229 g/mol. The maximum Gasteiger partial charge on any atom is 1.00 e. The molecule has 0 aliphatic carbocycles. The predicted octanol–water partition coefficient (Wildman–Crippen LogP) is -1.33. The van der Waals surface area contributed by atoms with E-state index in [4.69, 9.17) is 22.5 Å². The molecular weight excluding hydrogens is 223 g/mol. The summed E-state index contributed by atoms with van der Waals surface area (Å²) in [5.41, 5.74) is 5.35. The second-order valence-corrected chi connectivity index (χ2v) is 4.07. The third-order valence-electron chi connectivity index (χ3n) is 1.27. The number of halogens is 1. The van der Waals surface area contributed by atoms with Gasteiger partial charge >= 0.3 is 29.6 Å². The zero-order valence-corrected chi connectivity index (χ0v) is 10.5. The summed E-state index contributed by atoms with van der Waals surface area (Å²) in [6, 6.07) is 3.97. The average Bonchev–Trinajstić information content (AvgIpc) is 1.92. The van der Waals surface area contributed by atoms with Gasteiger partial charge in [0.2, 0.25) is 0 Å². The molecule has 0 aromatic heterocycles. The van der Waals surface area contributed by atoms with Gasteiger partial charge < -0.3 is 10.9 Å². The van der Waals surface area contributed by atoms with Crippen molar-refractivity contribution in [3.8, 4) is 0 Å². The molecule has 3 N–H and O–H groups in total. The van der Waals surface area contributed by atoms with Gasteiger partial charge in [-0.3, -0.25) is 0 Å². The van der Waals surface area contributed by atoms with Gasteiger partial charge in [0.15, 0.2) is 0 Å². The second kappa shape index (κ2) is 4.63. The molecule has 1 rings (SSSR count). The Bertz CT molecular complexity index is 407. The van der Waals surface area contributed by atoms with E-state index in [1.165, 1.54) is 12.1 Å². The number of benzene rings is 1. The fraction of sp³-hybridized carbons (Fsp3) is 0. The second-order valence-electron chi connectivity index (χ2n) is 2.19. The predicted molar refractivity (Wildman–Crippen MR) is 47.4 cm³/mol. The first-order valence-electron chi connectivity index (χ1n) is 2.96. The fourth-order valence-electron chi connectivity index (χ4n) is 0.741. The summed E-state index contributed by atoms with van der Waals surface area (Å²) < 4.78 is 21.5. The molecule has 7 heteroatoms. The van der Waals surface area contributed by atoms with Crippen LogP contribution in [0.3, 0.4) is 0 Å². The number of sulfonamides is 1. The Morgan fingerprint density at radius 3 is 2.31 bits per heavy atom. The minimum atomic E-state index is -4.02. The molecule has 0 saturated heterocycles. The van der Waals surface area contributed by atoms with Crippen LogP contribution in [0.2, 0.25) is 5.02 Å². The minimum Gasteiger partial charge on any atom is -0.560 e. The Kier molecular flexibility index (Phi) is 4.71. The number of nitrogens with two attached hydrogens (primary N) is 1. The SMILES string of the molecule is [NH-]S(=O)(=O)c1cc(Cl)ccc1N.[Na+]. The van der Waals surface area contributed by atoms with Crippen LogP contribution in [0, 0.1) is 0 Å². The molecule has 66 valence electrons. The zero-order valence-electron chi connectivity index (χ0n) is 6.91. The van der Waals surface area contributed by atoms with E-state index >= 15 is 0 Å². The van der Waals surface area contributed by atoms with E-state index in [0.717, 1.165) is 6.07 Å². The van der Waals surface area contributed by atoms with E-state index in [1.54, 1.807) is 0 Å². The van der Waals surface area contributed by atoms with Crippen LogP contribution in [-0.4, -0.2) is 8.42 Å². The van der Waals surface area contributed by atoms with Crippen molar-refractivity contribution in [1.82, 2.24) is 0 Å². The Hall–Kier alpha value is 0.220. The van der Waals surface area contributed by atoms with Gasteiger partial charge in [0.25, 0.3) is 0 Å². The van der Waals surface area contributed by atoms with Crippen LogP contribution in [0.15, 0.2) is 23.1 Å². The largest absolute Gasteiger partial charge is 1.00 e. The molecule has 13 heavy (non-hydrogen) atoms. The van der Waals surface area contributed by atoms with Crippen LogP contribution < -0.4 is 35.3 Å². The number of nitrogen functional groups attached to an aromatic ring is 1. The first-order chi connectivity index (χ1) is 5.41. The van der Waals surface area contributed by atoms with Crippen molar-refractivity contribution in [2.24, 2.45) is 0 Å². The van der Waals surface area contributed by atoms with Gasteiger partial charge in [0.05, 0.1) is 4.90 Å². The Morgan fingerprint density at radius 2 is 1.92 bits per heavy atom. The molecule has 0 bridgehead atoms. The van der Waals surface area contributed by atoms with E-state index in [9.17, 15) is 8.42 Å². The number of hydrogen-bond acceptors (Lipinski definition) is 3. The van der Waals surface area contributed by atoms with Gasteiger partial charge in [0, 0.05) is 10.7 Å². The Morgan fingerprint density at radius 1 is 1.38 bits per heavy atom. The molecule has 0 amide bonds. The molecule has 0 heterocycles. The van der Waals surface area contributed by atoms with Crippen LogP contribution in [-0.2, 0) is 10.0 Å². The molecule has 0 unspecified atom stereocenters. The maximum atomic E-state index is 10.7. The fourth-order valence-corrected chi connectivity index (χ4v) is 1.64. The topological polar surface area (TPSA) is 84.0 Å². The smallest absolute Gasteiger partial charge is 0.560 e. The van der Waals surface area contributed by atoms with Gasteiger partial charge in [-0.2, -0.15) is 0 Å². The van der Waals surface area contributed by atoms with Crippen LogP contribution in [0.5, 0.6) is 0 Å². The molecule has 0 aliphatic heterocycles. The van der Waals surface area contributed by atoms with Gasteiger partial charge in [-0.1, -0.05) is 11.6 Å². The van der Waals surface area contributed by atoms with E-state index in [1.807, 2.05) is 0 Å². The Labute approximate surface area is 104 Å². The van der Waals surface area contributed by atoms with Crippen molar-refractivity contribution in [2.75, 3.05) is 5.73 Å². The zero-order chi connectivity index (χ0) is 9.35. The number of rotatable bonds is 1. The number of hydrogen-bond donors (Lipinski definition) is 1. The van der Waals surface area contributed by atoms with Crippen molar-refractivity contribution in [3.05, 3.63) is 28.4 Å². The molecular formula is C6H6ClN2NaO2S. The van der Waals surface area contributed by atoms with Crippen molar-refractivity contribution in [2.45, 2.75) is 4.90 Å². The van der Waals surface area contributed by atoms with Crippen molar-refractivity contribution in [1.29, 1.82) is 0 Å². The summed E-state index contributed by atoms with van der Waals surface area (Å²) >= 11 is 5.52. The molecule has 0 spiro atoms. The molecule has 1 aromatic rings. The maximum absolute atomic E-state index is 10.7. The quantitative estimate of drug-likeness (QED) is 0.477. The van der Waals surface area contributed by atoms with E-state index in [-0.39, 0.29) is 45.2 Å². The van der Waals surface area contributed by atoms with Crippen LogP contribution >= 0.6 is 11.6 Å². The molecule has 0 radical (unpaired) electrons. The number of anilines is 1. The summed E-state index contributed by atoms with van der Waals surface area (Å²) in [6.07, 6.45) is 0. The minimum absolute atomic E-state index is 0. The van der Waals surface area contributed by atoms with E-state index in [2.05, 4.69) is 0 Å². The standard InChI is InChI=1S/C6H6ClN2O2S.Na/c7-4-1-2-5(8)6(3-4)12(9,10)11;/h1-3H,8H2,(H-,9,10,11);/q-1;+1. The normalized spacial score (nSPS) is 10.6. The van der Waals surface area contributed by atoms with Crippen LogP contribution in [0.1, 0.15) is 0 Å². The molecule has 1 aromatic carbocycles. The summed E-state index contributed by atoms with van der Waals surface area (Å²) in [5, 5.41) is 6.99. The number of nitrogens with one attached hydrogen (secondary N) is 1. The third kappa shape index (κ3) is 3.46. The summed E-state index contributed by atoms with van der Waals surface area (Å²) in [4.78, 5) is -0.255. The van der Waals surface area contributed by atoms with Gasteiger partial charge in [-0.25, -0.2) is 8.42 Å². The summed E-state index contributed by atoms with van der Waals surface area (Å²) in [6.45, 7) is 0. The van der Waals surface area contributed by atoms with Crippen LogP contribution in [0.4, 0.5) is 5.69 Å². The van der Waals surface area contributed by atoms with Crippen molar-refractivity contribution >= 4 is 27.3 Å². The van der Waals surface area contributed by atoms with E-state index < -0.39 is 10.0 Å². The first-order valence-corrected chi connectivity index (χ1v) is 4.82. The van der Waals surface area contributed by atoms with Gasteiger partial charge in [0.1, 0.15) is 10.0 Å². The first kappa shape index (κ1) is 13.2. The summed E-state index contributed by atoms with van der Waals surface area (Å²) in [7, 11) is -4.02. The van der Waals surface area contributed by atoms with Crippen molar-refractivity contribution < 1.29 is 38.0 Å². The molecule has 0 atom stereocenters. The van der Waals surface area contributed by atoms with Crippen molar-refractivity contribution in [3.63, 3.8) is 0 Å². The van der Waals surface area contributed by atoms with E-state index in [0.29, 0.717) is 0 Å². The molecule has 0 fully saturated rings. The van der Waals surface area contributed by atoms with Gasteiger partial charge in [-0.05, 0) is 18.2 Å². The molecule has 0 saturated carbocycles. The molecule has 4 nitrogen and oxygen atoms in total. The molecule has 0 aliphatic rings. The Balaban J connectivity index is 0.00000144. The van der Waals surface area contributed by atoms with Crippen LogP contribution in [0.25, 0.3) is 5.14 Å². The third-order valence-corrected chi connectivity index (χ3v) is 2.43.